The molecular formula is C25H18O. The van der Waals surface area contributed by atoms with Crippen molar-refractivity contribution in [2.24, 2.45) is 0 Å². The van der Waals surface area contributed by atoms with Gasteiger partial charge in [0.1, 0.15) is 0 Å². The van der Waals surface area contributed by atoms with E-state index >= 15 is 0 Å². The van der Waals surface area contributed by atoms with E-state index in [2.05, 4.69) is 84.9 Å². The first-order chi connectivity index (χ1) is 12.9. The fraction of sp³-hybridized carbons (Fsp3) is 0.0400. The highest BCUT2D eigenvalue weighted by Crippen LogP contribution is 2.43. The number of benzene rings is 6. The Kier molecular flexibility index (Phi) is 3.31. The van der Waals surface area contributed by atoms with Gasteiger partial charge in [0.15, 0.2) is 0 Å². The summed E-state index contributed by atoms with van der Waals surface area (Å²) in [4.78, 5) is 0. The largest absolute Gasteiger partial charge is 0.400 e. The lowest BCUT2D eigenvalue weighted by atomic mass is 9.87. The van der Waals surface area contributed by atoms with Gasteiger partial charge in [-0.1, -0.05) is 78.9 Å². The molecular weight excluding hydrogens is 316 g/mol. The van der Waals surface area contributed by atoms with Gasteiger partial charge in [0.2, 0.25) is 0 Å². The van der Waals surface area contributed by atoms with Gasteiger partial charge in [0.05, 0.1) is 0 Å². The molecule has 0 amide bonds. The van der Waals surface area contributed by atoms with Crippen molar-refractivity contribution < 1.29 is 5.11 Å². The van der Waals surface area contributed by atoms with Crippen molar-refractivity contribution in [1.82, 2.24) is 0 Å². The van der Waals surface area contributed by atoms with E-state index in [1.54, 1.807) is 0 Å². The molecule has 6 rings (SSSR count). The van der Waals surface area contributed by atoms with Crippen molar-refractivity contribution in [2.45, 2.75) is 0 Å². The lowest BCUT2D eigenvalue weighted by Gasteiger charge is -2.16. The molecule has 0 aliphatic carbocycles. The summed E-state index contributed by atoms with van der Waals surface area (Å²) < 4.78 is 0. The van der Waals surface area contributed by atoms with Gasteiger partial charge in [0.25, 0.3) is 0 Å². The first kappa shape index (κ1) is 15.1. The summed E-state index contributed by atoms with van der Waals surface area (Å²) in [6, 6.07) is 31.1. The molecule has 26 heavy (non-hydrogen) atoms. The highest BCUT2D eigenvalue weighted by Gasteiger charge is 2.14. The summed E-state index contributed by atoms with van der Waals surface area (Å²) in [6.45, 7) is 0. The highest BCUT2D eigenvalue weighted by atomic mass is 16.2. The molecule has 0 saturated carbocycles. The van der Waals surface area contributed by atoms with Crippen LogP contribution in [0.2, 0.25) is 0 Å². The molecule has 0 saturated heterocycles. The van der Waals surface area contributed by atoms with Gasteiger partial charge >= 0.3 is 0 Å². The topological polar surface area (TPSA) is 20.2 Å². The predicted octanol–water partition coefficient (Wildman–Crippen LogP) is 6.50. The van der Waals surface area contributed by atoms with Crippen LogP contribution in [0.15, 0.2) is 84.9 Å². The molecule has 0 atom stereocenters. The van der Waals surface area contributed by atoms with Crippen molar-refractivity contribution in [1.29, 1.82) is 0 Å². The van der Waals surface area contributed by atoms with Gasteiger partial charge in [-0.25, -0.2) is 0 Å². The Labute approximate surface area is 151 Å². The molecule has 1 N–H and O–H groups in total. The van der Waals surface area contributed by atoms with Crippen LogP contribution in [-0.4, -0.2) is 12.2 Å². The van der Waals surface area contributed by atoms with Crippen molar-refractivity contribution in [2.75, 3.05) is 7.11 Å². The first-order valence-electron chi connectivity index (χ1n) is 8.83. The second kappa shape index (κ2) is 5.69. The Hall–Kier alpha value is -3.16. The Balaban J connectivity index is 0.000000727. The normalized spacial score (nSPS) is 11.5. The van der Waals surface area contributed by atoms with E-state index in [1.807, 2.05) is 0 Å². The Morgan fingerprint density at radius 2 is 0.962 bits per heavy atom. The molecule has 0 aliphatic rings. The van der Waals surface area contributed by atoms with Crippen LogP contribution in [0.5, 0.6) is 0 Å². The van der Waals surface area contributed by atoms with E-state index in [-0.39, 0.29) is 0 Å². The maximum atomic E-state index is 7.00. The molecule has 0 unspecified atom stereocenters. The molecule has 0 spiro atoms. The molecule has 0 fully saturated rings. The van der Waals surface area contributed by atoms with Crippen molar-refractivity contribution in [3.05, 3.63) is 84.9 Å². The lowest BCUT2D eigenvalue weighted by Crippen LogP contribution is -1.88. The van der Waals surface area contributed by atoms with E-state index in [9.17, 15) is 0 Å². The summed E-state index contributed by atoms with van der Waals surface area (Å²) in [5.41, 5.74) is 0. The maximum absolute atomic E-state index is 7.00. The van der Waals surface area contributed by atoms with Crippen LogP contribution in [0, 0.1) is 0 Å². The molecule has 0 bridgehead atoms. The monoisotopic (exact) mass is 334 g/mol. The van der Waals surface area contributed by atoms with Crippen LogP contribution in [0.3, 0.4) is 0 Å². The van der Waals surface area contributed by atoms with Crippen LogP contribution in [0.25, 0.3) is 53.9 Å². The zero-order valence-electron chi connectivity index (χ0n) is 14.5. The molecule has 0 aromatic heterocycles. The van der Waals surface area contributed by atoms with Crippen LogP contribution in [0.4, 0.5) is 0 Å². The van der Waals surface area contributed by atoms with Gasteiger partial charge < -0.3 is 5.11 Å². The SMILES string of the molecule is CO.c1ccc2c(c1)cc1cccc3c4cccc5cccc(c54)c2c13. The van der Waals surface area contributed by atoms with Crippen LogP contribution in [-0.2, 0) is 0 Å². The number of rotatable bonds is 0. The number of fused-ring (bicyclic) bond motifs is 4. The zero-order valence-corrected chi connectivity index (χ0v) is 14.5. The van der Waals surface area contributed by atoms with Gasteiger partial charge in [0, 0.05) is 7.11 Å². The molecule has 0 radical (unpaired) electrons. The fourth-order valence-corrected chi connectivity index (χ4v) is 4.40. The second-order valence-corrected chi connectivity index (χ2v) is 6.59. The standard InChI is InChI=1S/C24H14.CH4O/c1-2-10-18-16(6-1)14-17-9-5-12-20-19-11-3-7-15-8-4-13-21(22(15)19)24(18)23(17)20;1-2/h1-14H;2H,1H3. The van der Waals surface area contributed by atoms with E-state index in [0.717, 1.165) is 7.11 Å². The third-order valence-corrected chi connectivity index (χ3v) is 5.35. The zero-order chi connectivity index (χ0) is 17.7. The Morgan fingerprint density at radius 1 is 0.423 bits per heavy atom. The molecule has 124 valence electrons. The molecule has 6 aromatic carbocycles. The van der Waals surface area contributed by atoms with E-state index < -0.39 is 0 Å². The van der Waals surface area contributed by atoms with Crippen LogP contribution < -0.4 is 0 Å². The highest BCUT2D eigenvalue weighted by molar-refractivity contribution is 6.37. The fourth-order valence-electron chi connectivity index (χ4n) is 4.40. The number of aliphatic hydroxyl groups excluding tert-OH is 1. The predicted molar refractivity (Wildman–Crippen MR) is 113 cm³/mol. The average molecular weight is 334 g/mol. The molecule has 1 nitrogen and oxygen atoms in total. The Morgan fingerprint density at radius 3 is 1.73 bits per heavy atom. The minimum atomic E-state index is 1.00. The molecule has 0 aliphatic heterocycles. The minimum Gasteiger partial charge on any atom is -0.400 e. The quantitative estimate of drug-likeness (QED) is 0.248. The molecule has 0 heterocycles. The summed E-state index contributed by atoms with van der Waals surface area (Å²) in [5.74, 6) is 0. The van der Waals surface area contributed by atoms with Crippen molar-refractivity contribution in [3.63, 3.8) is 0 Å². The van der Waals surface area contributed by atoms with Crippen molar-refractivity contribution in [3.8, 4) is 0 Å². The first-order valence-corrected chi connectivity index (χ1v) is 8.83. The Bertz CT molecular complexity index is 1390. The van der Waals surface area contributed by atoms with Gasteiger partial charge in [-0.05, 0) is 59.9 Å². The number of hydrogen-bond acceptors (Lipinski definition) is 1. The smallest absolute Gasteiger partial charge is 0.0319 e. The van der Waals surface area contributed by atoms with Crippen molar-refractivity contribution >= 4 is 53.9 Å². The molecule has 1 heteroatoms. The van der Waals surface area contributed by atoms with E-state index in [1.165, 1.54) is 53.9 Å². The van der Waals surface area contributed by atoms with Gasteiger partial charge in [-0.3, -0.25) is 0 Å². The maximum Gasteiger partial charge on any atom is 0.0319 e. The summed E-state index contributed by atoms with van der Waals surface area (Å²) in [6.07, 6.45) is 0. The third kappa shape index (κ3) is 1.89. The van der Waals surface area contributed by atoms with Crippen LogP contribution >= 0.6 is 0 Å². The van der Waals surface area contributed by atoms with Gasteiger partial charge in [-0.2, -0.15) is 0 Å². The number of aliphatic hydroxyl groups is 1. The third-order valence-electron chi connectivity index (χ3n) is 5.35. The number of hydrogen-bond donors (Lipinski definition) is 1. The van der Waals surface area contributed by atoms with Gasteiger partial charge in [-0.15, -0.1) is 0 Å². The molecule has 6 aromatic rings. The average Bonchev–Trinajstić information content (AvgIpc) is 2.72. The summed E-state index contributed by atoms with van der Waals surface area (Å²) in [7, 11) is 1.00. The lowest BCUT2D eigenvalue weighted by molar-refractivity contribution is 0.399. The van der Waals surface area contributed by atoms with E-state index in [4.69, 9.17) is 5.11 Å². The van der Waals surface area contributed by atoms with E-state index in [0.29, 0.717) is 0 Å². The minimum absolute atomic E-state index is 1.00. The second-order valence-electron chi connectivity index (χ2n) is 6.59. The van der Waals surface area contributed by atoms with Crippen LogP contribution in [0.1, 0.15) is 0 Å². The summed E-state index contributed by atoms with van der Waals surface area (Å²) in [5, 5.41) is 20.6. The summed E-state index contributed by atoms with van der Waals surface area (Å²) >= 11 is 0.